The standard InChI is InChI=1S/C25H25Cl2F2N5O4/c1-11-17(9-32(2)31-11)33(8-12-3-4-12)21(35)18-16-7-24(28,29)10-34(16)25(19(18)22(36)37)14-5-13(26)6-15(27)20(14)30-23(25)38/h5-6,9,12,16,18-19H,3-4,7-8,10H2,1-2H3,(H,30,38)(H,36,37)/t16-,18+,19-,25+/m1/s1. The number of carboxylic acid groups (broad SMARTS) is 1. The fourth-order valence-electron chi connectivity index (χ4n) is 6.68. The number of aromatic nitrogens is 2. The molecule has 1 aliphatic carbocycles. The third-order valence-corrected chi connectivity index (χ3v) is 8.79. The lowest BCUT2D eigenvalue weighted by atomic mass is 9.73. The van der Waals surface area contributed by atoms with Crippen molar-refractivity contribution in [3.63, 3.8) is 0 Å². The molecule has 1 saturated carbocycles. The molecule has 13 heteroatoms. The van der Waals surface area contributed by atoms with Crippen LogP contribution >= 0.6 is 23.2 Å². The summed E-state index contributed by atoms with van der Waals surface area (Å²) in [6, 6.07) is 1.56. The van der Waals surface area contributed by atoms with Gasteiger partial charge in [0, 0.05) is 42.8 Å². The van der Waals surface area contributed by atoms with E-state index >= 15 is 8.78 Å². The number of hydrogen-bond acceptors (Lipinski definition) is 5. The van der Waals surface area contributed by atoms with E-state index in [0.717, 1.165) is 12.8 Å². The van der Waals surface area contributed by atoms with Crippen molar-refractivity contribution in [1.82, 2.24) is 14.7 Å². The first-order valence-corrected chi connectivity index (χ1v) is 13.1. The van der Waals surface area contributed by atoms with Crippen LogP contribution in [0.1, 0.15) is 30.5 Å². The van der Waals surface area contributed by atoms with Gasteiger partial charge < -0.3 is 15.3 Å². The molecule has 1 aromatic heterocycles. The van der Waals surface area contributed by atoms with E-state index < -0.39 is 60.1 Å². The molecule has 4 aliphatic rings. The van der Waals surface area contributed by atoms with Crippen LogP contribution in [0.4, 0.5) is 20.2 Å². The molecule has 9 nitrogen and oxygen atoms in total. The van der Waals surface area contributed by atoms with Gasteiger partial charge in [0.15, 0.2) is 0 Å². The van der Waals surface area contributed by atoms with Crippen molar-refractivity contribution in [2.45, 2.75) is 43.7 Å². The molecule has 2 aromatic rings. The van der Waals surface area contributed by atoms with Gasteiger partial charge in [0.25, 0.3) is 11.8 Å². The van der Waals surface area contributed by atoms with E-state index in [2.05, 4.69) is 10.4 Å². The molecule has 0 unspecified atom stereocenters. The zero-order valence-electron chi connectivity index (χ0n) is 20.5. The molecule has 1 spiro atoms. The molecule has 2 amide bonds. The number of halogens is 4. The number of carbonyl (C=O) groups excluding carboxylic acids is 2. The zero-order chi connectivity index (χ0) is 27.3. The van der Waals surface area contributed by atoms with Crippen LogP contribution in [0.25, 0.3) is 0 Å². The molecule has 3 aliphatic heterocycles. The first-order valence-electron chi connectivity index (χ1n) is 12.3. The number of nitrogens with one attached hydrogen (secondary N) is 1. The number of aliphatic carboxylic acids is 1. The molecule has 4 atom stereocenters. The Balaban J connectivity index is 1.55. The molecule has 6 rings (SSSR count). The zero-order valence-corrected chi connectivity index (χ0v) is 22.1. The van der Waals surface area contributed by atoms with Crippen LogP contribution in [0.2, 0.25) is 10.0 Å². The van der Waals surface area contributed by atoms with Gasteiger partial charge in [-0.15, -0.1) is 0 Å². The van der Waals surface area contributed by atoms with Crippen LogP contribution in [0.5, 0.6) is 0 Å². The van der Waals surface area contributed by atoms with Crippen molar-refractivity contribution >= 4 is 52.4 Å². The summed E-state index contributed by atoms with van der Waals surface area (Å²) in [6.45, 7) is 1.16. The van der Waals surface area contributed by atoms with Crippen molar-refractivity contribution in [3.8, 4) is 0 Å². The highest BCUT2D eigenvalue weighted by Crippen LogP contribution is 2.61. The predicted molar refractivity (Wildman–Crippen MR) is 134 cm³/mol. The quantitative estimate of drug-likeness (QED) is 0.570. The van der Waals surface area contributed by atoms with Crippen LogP contribution in [0.15, 0.2) is 18.3 Å². The highest BCUT2D eigenvalue weighted by Gasteiger charge is 2.74. The fraction of sp³-hybridized carbons (Fsp3) is 0.520. The largest absolute Gasteiger partial charge is 0.481 e. The summed E-state index contributed by atoms with van der Waals surface area (Å²) in [6.07, 6.45) is 2.71. The number of amides is 2. The lowest BCUT2D eigenvalue weighted by Gasteiger charge is -2.36. The Morgan fingerprint density at radius 3 is 2.61 bits per heavy atom. The Labute approximate surface area is 226 Å². The number of nitrogens with zero attached hydrogens (tertiary/aromatic N) is 4. The van der Waals surface area contributed by atoms with E-state index in [9.17, 15) is 19.5 Å². The lowest BCUT2D eigenvalue weighted by Crippen LogP contribution is -2.54. The van der Waals surface area contributed by atoms with Crippen molar-refractivity contribution < 1.29 is 28.3 Å². The molecule has 3 fully saturated rings. The number of fused-ring (bicyclic) bond motifs is 4. The second kappa shape index (κ2) is 8.37. The molecule has 0 bridgehead atoms. The second-order valence-corrected chi connectivity index (χ2v) is 11.6. The first kappa shape index (κ1) is 25.5. The number of carboxylic acids is 1. The van der Waals surface area contributed by atoms with E-state index in [1.165, 1.54) is 21.9 Å². The van der Waals surface area contributed by atoms with Crippen LogP contribution in [0, 0.1) is 24.7 Å². The van der Waals surface area contributed by atoms with Gasteiger partial charge in [-0.3, -0.25) is 24.0 Å². The SMILES string of the molecule is Cc1nn(C)cc1N(CC1CC1)C(=O)[C@H]1[C@H]2CC(F)(F)CN2[C@]2(C(=O)Nc3c(Cl)cc(Cl)cc32)[C@H]1C(=O)O. The summed E-state index contributed by atoms with van der Waals surface area (Å²) >= 11 is 12.6. The maximum atomic E-state index is 15.0. The lowest BCUT2D eigenvalue weighted by molar-refractivity contribution is -0.153. The predicted octanol–water partition coefficient (Wildman–Crippen LogP) is 3.67. The number of aryl methyl sites for hydroxylation is 2. The number of carbonyl (C=O) groups is 3. The summed E-state index contributed by atoms with van der Waals surface area (Å²) in [5, 5.41) is 17.7. The Hall–Kier alpha value is -2.76. The van der Waals surface area contributed by atoms with Crippen molar-refractivity contribution in [1.29, 1.82) is 0 Å². The number of alkyl halides is 2. The Bertz CT molecular complexity index is 1400. The summed E-state index contributed by atoms with van der Waals surface area (Å²) in [4.78, 5) is 43.8. The van der Waals surface area contributed by atoms with E-state index in [-0.39, 0.29) is 27.2 Å². The summed E-state index contributed by atoms with van der Waals surface area (Å²) in [7, 11) is 1.70. The maximum Gasteiger partial charge on any atom is 0.310 e. The smallest absolute Gasteiger partial charge is 0.310 e. The van der Waals surface area contributed by atoms with Crippen molar-refractivity contribution in [2.75, 3.05) is 23.3 Å². The summed E-state index contributed by atoms with van der Waals surface area (Å²) < 4.78 is 31.6. The molecule has 0 radical (unpaired) electrons. The second-order valence-electron chi connectivity index (χ2n) is 10.8. The summed E-state index contributed by atoms with van der Waals surface area (Å²) in [5.74, 6) is -8.98. The van der Waals surface area contributed by atoms with Gasteiger partial charge in [0.1, 0.15) is 11.5 Å². The number of benzene rings is 1. The average molecular weight is 568 g/mol. The van der Waals surface area contributed by atoms with Gasteiger partial charge in [0.05, 0.1) is 34.6 Å². The van der Waals surface area contributed by atoms with E-state index in [0.29, 0.717) is 17.9 Å². The first-order chi connectivity index (χ1) is 17.8. The molecule has 2 N–H and O–H groups in total. The Morgan fingerprint density at radius 1 is 1.29 bits per heavy atom. The molecular weight excluding hydrogens is 543 g/mol. The Kier molecular flexibility index (Phi) is 5.62. The fourth-order valence-corrected chi connectivity index (χ4v) is 7.22. The van der Waals surface area contributed by atoms with Crippen molar-refractivity contribution in [2.24, 2.45) is 24.8 Å². The number of rotatable bonds is 5. The molecule has 4 heterocycles. The minimum absolute atomic E-state index is 0.0560. The third kappa shape index (κ3) is 3.58. The highest BCUT2D eigenvalue weighted by atomic mass is 35.5. The molecular formula is C25H25Cl2F2N5O4. The number of anilines is 2. The number of hydrogen-bond donors (Lipinski definition) is 2. The van der Waals surface area contributed by atoms with Crippen LogP contribution in [0.3, 0.4) is 0 Å². The topological polar surface area (TPSA) is 108 Å². The average Bonchev–Trinajstić information content (AvgIpc) is 3.30. The molecule has 1 aromatic carbocycles. The van der Waals surface area contributed by atoms with Crippen LogP contribution in [-0.4, -0.2) is 62.6 Å². The molecule has 202 valence electrons. The minimum Gasteiger partial charge on any atom is -0.481 e. The van der Waals surface area contributed by atoms with E-state index in [1.807, 2.05) is 0 Å². The summed E-state index contributed by atoms with van der Waals surface area (Å²) in [5.41, 5.74) is -0.829. The molecule has 2 saturated heterocycles. The van der Waals surface area contributed by atoms with E-state index in [4.69, 9.17) is 23.2 Å². The minimum atomic E-state index is -3.24. The van der Waals surface area contributed by atoms with Crippen LogP contribution in [-0.2, 0) is 27.0 Å². The van der Waals surface area contributed by atoms with Gasteiger partial charge in [-0.05, 0) is 37.8 Å². The third-order valence-electron chi connectivity index (χ3n) is 8.27. The normalized spacial score (nSPS) is 29.4. The van der Waals surface area contributed by atoms with Crippen LogP contribution < -0.4 is 10.2 Å². The van der Waals surface area contributed by atoms with Gasteiger partial charge in [-0.2, -0.15) is 5.10 Å². The van der Waals surface area contributed by atoms with E-state index in [1.54, 1.807) is 24.9 Å². The van der Waals surface area contributed by atoms with Gasteiger partial charge >= 0.3 is 5.97 Å². The monoisotopic (exact) mass is 567 g/mol. The van der Waals surface area contributed by atoms with Gasteiger partial charge in [-0.25, -0.2) is 8.78 Å². The molecule has 38 heavy (non-hydrogen) atoms. The Morgan fingerprint density at radius 2 is 2.00 bits per heavy atom. The van der Waals surface area contributed by atoms with Gasteiger partial charge in [0.2, 0.25) is 5.91 Å². The van der Waals surface area contributed by atoms with Crippen molar-refractivity contribution in [3.05, 3.63) is 39.6 Å². The maximum absolute atomic E-state index is 15.0. The highest BCUT2D eigenvalue weighted by molar-refractivity contribution is 6.38. The van der Waals surface area contributed by atoms with Gasteiger partial charge in [-0.1, -0.05) is 23.2 Å².